The van der Waals surface area contributed by atoms with Gasteiger partial charge in [0, 0.05) is 23.3 Å². The van der Waals surface area contributed by atoms with Crippen molar-refractivity contribution in [3.05, 3.63) is 60.0 Å². The van der Waals surface area contributed by atoms with Gasteiger partial charge in [-0.15, -0.1) is 0 Å². The lowest BCUT2D eigenvalue weighted by Crippen LogP contribution is -2.29. The lowest BCUT2D eigenvalue weighted by Gasteiger charge is -2.28. The van der Waals surface area contributed by atoms with E-state index >= 15 is 0 Å². The van der Waals surface area contributed by atoms with E-state index in [-0.39, 0.29) is 5.91 Å². The number of hydrogen-bond donors (Lipinski definition) is 1. The highest BCUT2D eigenvalue weighted by Crippen LogP contribution is 2.35. The van der Waals surface area contributed by atoms with Crippen LogP contribution in [0.3, 0.4) is 0 Å². The lowest BCUT2D eigenvalue weighted by atomic mass is 9.89. The normalized spacial score (nSPS) is 16.4. The van der Waals surface area contributed by atoms with Crippen molar-refractivity contribution in [1.29, 1.82) is 0 Å². The van der Waals surface area contributed by atoms with Crippen LogP contribution in [0, 0.1) is 0 Å². The van der Waals surface area contributed by atoms with Gasteiger partial charge in [-0.1, -0.05) is 0 Å². The number of carbonyl (C=O) groups excluding carboxylic acids is 1. The molecular formula is C20H22N4O. The number of benzene rings is 1. The van der Waals surface area contributed by atoms with E-state index in [1.54, 1.807) is 12.3 Å². The molecule has 0 aliphatic carbocycles. The molecule has 128 valence electrons. The second-order valence-corrected chi connectivity index (χ2v) is 6.84. The van der Waals surface area contributed by atoms with E-state index in [4.69, 9.17) is 5.73 Å². The molecule has 0 unspecified atom stereocenters. The Hall–Kier alpha value is -2.66. The molecule has 1 aliphatic rings. The zero-order chi connectivity index (χ0) is 17.4. The molecule has 5 heteroatoms. The molecule has 25 heavy (non-hydrogen) atoms. The summed E-state index contributed by atoms with van der Waals surface area (Å²) in [5, 5.41) is 1.12. The van der Waals surface area contributed by atoms with Gasteiger partial charge in [0.1, 0.15) is 0 Å². The fraction of sp³-hybridized carbons (Fsp3) is 0.300. The molecule has 2 N–H and O–H groups in total. The lowest BCUT2D eigenvalue weighted by molar-refractivity contribution is 0.100. The Morgan fingerprint density at radius 2 is 2.04 bits per heavy atom. The first kappa shape index (κ1) is 15.8. The number of pyridine rings is 1. The van der Waals surface area contributed by atoms with Crippen LogP contribution >= 0.6 is 0 Å². The minimum absolute atomic E-state index is 0.384. The summed E-state index contributed by atoms with van der Waals surface area (Å²) in [4.78, 5) is 18.3. The minimum atomic E-state index is -0.384. The van der Waals surface area contributed by atoms with Gasteiger partial charge in [-0.05, 0) is 74.8 Å². The van der Waals surface area contributed by atoms with Crippen LogP contribution in [0.15, 0.2) is 48.9 Å². The van der Waals surface area contributed by atoms with Gasteiger partial charge in [0.05, 0.1) is 17.4 Å². The fourth-order valence-electron chi connectivity index (χ4n) is 3.76. The molecular weight excluding hydrogens is 312 g/mol. The van der Waals surface area contributed by atoms with E-state index in [9.17, 15) is 4.79 Å². The summed E-state index contributed by atoms with van der Waals surface area (Å²) in [6.45, 7) is 2.19. The number of fused-ring (bicyclic) bond motifs is 1. The van der Waals surface area contributed by atoms with Crippen LogP contribution in [0.1, 0.15) is 34.7 Å². The molecule has 0 atom stereocenters. The van der Waals surface area contributed by atoms with Gasteiger partial charge >= 0.3 is 0 Å². The zero-order valence-corrected chi connectivity index (χ0v) is 14.4. The number of hydrogen-bond acceptors (Lipinski definition) is 3. The van der Waals surface area contributed by atoms with E-state index in [0.29, 0.717) is 11.5 Å². The van der Waals surface area contributed by atoms with Gasteiger partial charge < -0.3 is 15.2 Å². The second-order valence-electron chi connectivity index (χ2n) is 6.84. The first-order valence-corrected chi connectivity index (χ1v) is 8.67. The maximum atomic E-state index is 11.7. The van der Waals surface area contributed by atoms with Gasteiger partial charge in [0.2, 0.25) is 5.91 Å². The van der Waals surface area contributed by atoms with Crippen LogP contribution < -0.4 is 5.73 Å². The van der Waals surface area contributed by atoms with Crippen molar-refractivity contribution < 1.29 is 4.79 Å². The molecule has 1 aliphatic heterocycles. The van der Waals surface area contributed by atoms with Crippen LogP contribution in [0.25, 0.3) is 16.6 Å². The highest BCUT2D eigenvalue weighted by molar-refractivity contribution is 5.98. The van der Waals surface area contributed by atoms with Crippen molar-refractivity contribution in [2.45, 2.75) is 18.8 Å². The van der Waals surface area contributed by atoms with Gasteiger partial charge in [0.25, 0.3) is 0 Å². The van der Waals surface area contributed by atoms with E-state index in [0.717, 1.165) is 42.5 Å². The van der Waals surface area contributed by atoms with Crippen LogP contribution in [0.2, 0.25) is 0 Å². The van der Waals surface area contributed by atoms with Gasteiger partial charge in [0.15, 0.2) is 0 Å². The number of likely N-dealkylation sites (tertiary alicyclic amines) is 1. The molecule has 1 saturated heterocycles. The van der Waals surface area contributed by atoms with Crippen molar-refractivity contribution in [2.75, 3.05) is 20.1 Å². The number of rotatable bonds is 3. The molecule has 2 aromatic heterocycles. The van der Waals surface area contributed by atoms with E-state index in [1.165, 1.54) is 5.56 Å². The first-order chi connectivity index (χ1) is 12.1. The zero-order valence-electron chi connectivity index (χ0n) is 14.4. The molecule has 4 rings (SSSR count). The third kappa shape index (κ3) is 2.91. The molecule has 3 heterocycles. The van der Waals surface area contributed by atoms with Crippen molar-refractivity contribution in [3.63, 3.8) is 0 Å². The number of piperidine rings is 1. The average molecular weight is 334 g/mol. The van der Waals surface area contributed by atoms with Gasteiger partial charge in [-0.2, -0.15) is 0 Å². The minimum Gasteiger partial charge on any atom is -0.366 e. The fourth-order valence-corrected chi connectivity index (χ4v) is 3.76. The molecule has 5 nitrogen and oxygen atoms in total. The summed E-state index contributed by atoms with van der Waals surface area (Å²) in [5.41, 5.74) is 9.48. The Kier molecular flexibility index (Phi) is 4.01. The number of aromatic nitrogens is 2. The SMILES string of the molecule is CN1CCC(c2cn(-c3cccnc3)c3ccc(C(N)=O)cc23)CC1. The van der Waals surface area contributed by atoms with Crippen molar-refractivity contribution in [2.24, 2.45) is 5.73 Å². The Morgan fingerprint density at radius 1 is 1.24 bits per heavy atom. The van der Waals surface area contributed by atoms with Gasteiger partial charge in [-0.3, -0.25) is 9.78 Å². The van der Waals surface area contributed by atoms with E-state index in [1.807, 2.05) is 30.5 Å². The quantitative estimate of drug-likeness (QED) is 0.801. The molecule has 0 radical (unpaired) electrons. The topological polar surface area (TPSA) is 64.2 Å². The Labute approximate surface area is 147 Å². The number of amides is 1. The third-order valence-electron chi connectivity index (χ3n) is 5.20. The summed E-state index contributed by atoms with van der Waals surface area (Å²) in [6.07, 6.45) is 8.10. The Bertz CT molecular complexity index is 908. The summed E-state index contributed by atoms with van der Waals surface area (Å²) in [5.74, 6) is 0.116. The highest BCUT2D eigenvalue weighted by atomic mass is 16.1. The van der Waals surface area contributed by atoms with Crippen LogP contribution in [0.4, 0.5) is 0 Å². The van der Waals surface area contributed by atoms with Crippen LogP contribution in [-0.2, 0) is 0 Å². The Balaban J connectivity index is 1.88. The smallest absolute Gasteiger partial charge is 0.248 e. The van der Waals surface area contributed by atoms with Crippen LogP contribution in [-0.4, -0.2) is 40.5 Å². The van der Waals surface area contributed by atoms with Crippen molar-refractivity contribution in [3.8, 4) is 5.69 Å². The number of carbonyl (C=O) groups is 1. The number of nitrogens with zero attached hydrogens (tertiary/aromatic N) is 3. The first-order valence-electron chi connectivity index (χ1n) is 8.67. The predicted molar refractivity (Wildman–Crippen MR) is 99.1 cm³/mol. The number of nitrogens with two attached hydrogens (primary N) is 1. The predicted octanol–water partition coefficient (Wildman–Crippen LogP) is 2.93. The van der Waals surface area contributed by atoms with E-state index < -0.39 is 0 Å². The highest BCUT2D eigenvalue weighted by Gasteiger charge is 2.23. The monoisotopic (exact) mass is 334 g/mol. The molecule has 1 fully saturated rings. The average Bonchev–Trinajstić information content (AvgIpc) is 3.02. The largest absolute Gasteiger partial charge is 0.366 e. The standard InChI is InChI=1S/C20H22N4O/c1-23-9-6-14(7-10-23)18-13-24(16-3-2-8-22-12-16)19-5-4-15(20(21)25)11-17(18)19/h2-5,8,11-14H,6-7,9-10H2,1H3,(H2,21,25). The molecule has 1 aromatic carbocycles. The molecule has 3 aromatic rings. The maximum absolute atomic E-state index is 11.7. The molecule has 1 amide bonds. The number of primary amides is 1. The summed E-state index contributed by atoms with van der Waals surface area (Å²) < 4.78 is 2.17. The Morgan fingerprint density at radius 3 is 2.72 bits per heavy atom. The summed E-state index contributed by atoms with van der Waals surface area (Å²) >= 11 is 0. The second kappa shape index (κ2) is 6.33. The molecule has 0 saturated carbocycles. The maximum Gasteiger partial charge on any atom is 0.248 e. The third-order valence-corrected chi connectivity index (χ3v) is 5.20. The van der Waals surface area contributed by atoms with Crippen LogP contribution in [0.5, 0.6) is 0 Å². The van der Waals surface area contributed by atoms with E-state index in [2.05, 4.69) is 27.7 Å². The summed E-state index contributed by atoms with van der Waals surface area (Å²) in [7, 11) is 2.17. The summed E-state index contributed by atoms with van der Waals surface area (Å²) in [6, 6.07) is 9.72. The van der Waals surface area contributed by atoms with Crippen molar-refractivity contribution in [1.82, 2.24) is 14.5 Å². The molecule has 0 bridgehead atoms. The van der Waals surface area contributed by atoms with Crippen molar-refractivity contribution >= 4 is 16.8 Å². The van der Waals surface area contributed by atoms with Gasteiger partial charge in [-0.25, -0.2) is 0 Å². The molecule has 0 spiro atoms.